The molecule has 24 heavy (non-hydrogen) atoms. The van der Waals surface area contributed by atoms with Crippen LogP contribution in [0.1, 0.15) is 25.1 Å². The van der Waals surface area contributed by atoms with Gasteiger partial charge in [0.15, 0.2) is 5.76 Å². The molecular weight excluding hydrogens is 348 g/mol. The van der Waals surface area contributed by atoms with Crippen LogP contribution in [0.3, 0.4) is 0 Å². The first kappa shape index (κ1) is 16.7. The Morgan fingerprint density at radius 2 is 2.29 bits per heavy atom. The molecule has 0 aromatic carbocycles. The van der Waals surface area contributed by atoms with E-state index in [4.69, 9.17) is 28.2 Å². The van der Waals surface area contributed by atoms with Gasteiger partial charge in [-0.1, -0.05) is 25.4 Å². The highest BCUT2D eigenvalue weighted by molar-refractivity contribution is 7.71. The number of aryl methyl sites for hydroxylation is 1. The molecule has 126 valence electrons. The second-order valence-electron chi connectivity index (χ2n) is 5.75. The van der Waals surface area contributed by atoms with E-state index in [0.717, 1.165) is 17.8 Å². The lowest BCUT2D eigenvalue weighted by atomic mass is 10.2. The van der Waals surface area contributed by atoms with Crippen LogP contribution in [0.2, 0.25) is 5.15 Å². The van der Waals surface area contributed by atoms with Crippen LogP contribution in [0.4, 0.5) is 0 Å². The largest absolute Gasteiger partial charge is 0.461 e. The Bertz CT molecular complexity index is 919. The fraction of sp³-hybridized carbons (Fsp3) is 0.333. The molecule has 7 nitrogen and oxygen atoms in total. The van der Waals surface area contributed by atoms with Gasteiger partial charge in [0.1, 0.15) is 5.15 Å². The van der Waals surface area contributed by atoms with Crippen LogP contribution in [0.5, 0.6) is 0 Å². The minimum Gasteiger partial charge on any atom is -0.461 e. The first-order valence-corrected chi connectivity index (χ1v) is 8.24. The zero-order chi connectivity index (χ0) is 17.3. The van der Waals surface area contributed by atoms with E-state index >= 15 is 0 Å². The van der Waals surface area contributed by atoms with E-state index in [1.54, 1.807) is 29.3 Å². The molecule has 0 atom stereocenters. The van der Waals surface area contributed by atoms with Crippen LogP contribution in [-0.2, 0) is 6.54 Å². The molecule has 0 aliphatic carbocycles. The van der Waals surface area contributed by atoms with Crippen molar-refractivity contribution in [1.29, 1.82) is 0 Å². The van der Waals surface area contributed by atoms with Crippen LogP contribution in [0.15, 0.2) is 27.9 Å². The molecule has 0 aliphatic heterocycles. The van der Waals surface area contributed by atoms with E-state index in [2.05, 4.69) is 34.2 Å². The Morgan fingerprint density at radius 3 is 2.96 bits per heavy atom. The van der Waals surface area contributed by atoms with Gasteiger partial charge in [-0.15, -0.1) is 5.10 Å². The third-order valence-corrected chi connectivity index (χ3v) is 4.00. The minimum atomic E-state index is 0.362. The molecule has 9 heteroatoms. The zero-order valence-electron chi connectivity index (χ0n) is 13.5. The normalized spacial score (nSPS) is 11.9. The van der Waals surface area contributed by atoms with E-state index in [9.17, 15) is 0 Å². The standard InChI is InChI=1S/C15H17ClN6OS/c1-9(2)8-21-13(16)11(10(3)20-21)7-17-22-14(18-19-15(22)24)12-5-4-6-23-12/h4-7,9H,8H2,1-3H3,(H,19,24)/b17-7-. The number of nitrogens with zero attached hydrogens (tertiary/aromatic N) is 5. The van der Waals surface area contributed by atoms with Crippen LogP contribution >= 0.6 is 23.8 Å². The van der Waals surface area contributed by atoms with Gasteiger partial charge in [-0.05, 0) is 37.2 Å². The summed E-state index contributed by atoms with van der Waals surface area (Å²) in [6.07, 6.45) is 3.21. The van der Waals surface area contributed by atoms with E-state index < -0.39 is 0 Å². The Kier molecular flexibility index (Phi) is 4.68. The second-order valence-corrected chi connectivity index (χ2v) is 6.50. The maximum Gasteiger partial charge on any atom is 0.219 e. The van der Waals surface area contributed by atoms with Crippen molar-refractivity contribution in [2.45, 2.75) is 27.3 Å². The Hall–Kier alpha value is -2.19. The summed E-state index contributed by atoms with van der Waals surface area (Å²) >= 11 is 11.7. The molecule has 0 unspecified atom stereocenters. The highest BCUT2D eigenvalue weighted by atomic mass is 35.5. The number of hydrogen-bond donors (Lipinski definition) is 1. The van der Waals surface area contributed by atoms with E-state index in [1.807, 2.05) is 6.92 Å². The summed E-state index contributed by atoms with van der Waals surface area (Å²) < 4.78 is 8.99. The SMILES string of the molecule is Cc1nn(CC(C)C)c(Cl)c1/C=N\n1c(-c2ccco2)n[nH]c1=S. The molecule has 0 aliphatic rings. The molecular formula is C15H17ClN6OS. The van der Waals surface area contributed by atoms with E-state index in [0.29, 0.717) is 27.4 Å². The third kappa shape index (κ3) is 3.20. The number of H-pyrrole nitrogens is 1. The maximum atomic E-state index is 6.42. The molecule has 0 spiro atoms. The number of halogens is 1. The van der Waals surface area contributed by atoms with Gasteiger partial charge >= 0.3 is 0 Å². The van der Waals surface area contributed by atoms with Gasteiger partial charge in [0.05, 0.1) is 23.7 Å². The topological polar surface area (TPSA) is 76.9 Å². The number of aromatic amines is 1. The predicted octanol–water partition coefficient (Wildman–Crippen LogP) is 3.90. The van der Waals surface area contributed by atoms with Crippen LogP contribution in [-0.4, -0.2) is 30.9 Å². The van der Waals surface area contributed by atoms with Crippen molar-refractivity contribution in [3.63, 3.8) is 0 Å². The van der Waals surface area contributed by atoms with Crippen molar-refractivity contribution in [1.82, 2.24) is 24.7 Å². The summed E-state index contributed by atoms with van der Waals surface area (Å²) in [5.41, 5.74) is 1.56. The fourth-order valence-corrected chi connectivity index (χ4v) is 2.73. The summed E-state index contributed by atoms with van der Waals surface area (Å²) in [4.78, 5) is 0. The quantitative estimate of drug-likeness (QED) is 0.550. The van der Waals surface area contributed by atoms with E-state index in [-0.39, 0.29) is 0 Å². The number of nitrogens with one attached hydrogen (secondary N) is 1. The van der Waals surface area contributed by atoms with Crippen LogP contribution in [0.25, 0.3) is 11.6 Å². The molecule has 0 amide bonds. The van der Waals surface area contributed by atoms with Gasteiger partial charge in [0.25, 0.3) is 0 Å². The first-order valence-electron chi connectivity index (χ1n) is 7.46. The number of hydrogen-bond acceptors (Lipinski definition) is 5. The molecule has 0 radical (unpaired) electrons. The predicted molar refractivity (Wildman–Crippen MR) is 94.9 cm³/mol. The average Bonchev–Trinajstić information content (AvgIpc) is 3.20. The summed E-state index contributed by atoms with van der Waals surface area (Å²) in [6.45, 7) is 6.87. The van der Waals surface area contributed by atoms with Crippen LogP contribution in [0, 0.1) is 17.6 Å². The smallest absolute Gasteiger partial charge is 0.219 e. The van der Waals surface area contributed by atoms with Gasteiger partial charge in [-0.2, -0.15) is 14.9 Å². The lowest BCUT2D eigenvalue weighted by Gasteiger charge is -2.05. The van der Waals surface area contributed by atoms with Crippen molar-refractivity contribution in [2.75, 3.05) is 0 Å². The lowest BCUT2D eigenvalue weighted by molar-refractivity contribution is 0.482. The number of rotatable bonds is 5. The Morgan fingerprint density at radius 1 is 1.50 bits per heavy atom. The molecule has 1 N–H and O–H groups in total. The van der Waals surface area contributed by atoms with Gasteiger partial charge in [-0.3, -0.25) is 4.68 Å². The molecule has 3 aromatic rings. The van der Waals surface area contributed by atoms with Gasteiger partial charge < -0.3 is 4.42 Å². The minimum absolute atomic E-state index is 0.362. The summed E-state index contributed by atoms with van der Waals surface area (Å²) in [5.74, 6) is 1.50. The average molecular weight is 365 g/mol. The summed E-state index contributed by atoms with van der Waals surface area (Å²) in [5, 5.41) is 16.3. The molecule has 3 heterocycles. The molecule has 3 rings (SSSR count). The summed E-state index contributed by atoms with van der Waals surface area (Å²) in [7, 11) is 0. The Balaban J connectivity index is 1.97. The van der Waals surface area contributed by atoms with Crippen molar-refractivity contribution in [3.05, 3.63) is 39.6 Å². The first-order chi connectivity index (χ1) is 11.5. The van der Waals surface area contributed by atoms with Gasteiger partial charge in [-0.25, -0.2) is 5.10 Å². The fourth-order valence-electron chi connectivity index (χ4n) is 2.26. The monoisotopic (exact) mass is 364 g/mol. The lowest BCUT2D eigenvalue weighted by Crippen LogP contribution is -2.06. The highest BCUT2D eigenvalue weighted by Crippen LogP contribution is 2.20. The summed E-state index contributed by atoms with van der Waals surface area (Å²) in [6, 6.07) is 3.56. The molecule has 3 aromatic heterocycles. The number of aromatic nitrogens is 5. The van der Waals surface area contributed by atoms with Crippen molar-refractivity contribution in [2.24, 2.45) is 11.0 Å². The van der Waals surface area contributed by atoms with E-state index in [1.165, 1.54) is 4.68 Å². The Labute approximate surface area is 148 Å². The van der Waals surface area contributed by atoms with Crippen LogP contribution < -0.4 is 0 Å². The third-order valence-electron chi connectivity index (χ3n) is 3.34. The number of furan rings is 1. The van der Waals surface area contributed by atoms with Crippen molar-refractivity contribution in [3.8, 4) is 11.6 Å². The molecule has 0 fully saturated rings. The highest BCUT2D eigenvalue weighted by Gasteiger charge is 2.14. The second kappa shape index (κ2) is 6.74. The molecule has 0 saturated heterocycles. The maximum absolute atomic E-state index is 6.42. The van der Waals surface area contributed by atoms with Gasteiger partial charge in [0.2, 0.25) is 10.6 Å². The molecule has 0 saturated carbocycles. The molecule has 0 bridgehead atoms. The zero-order valence-corrected chi connectivity index (χ0v) is 15.1. The van der Waals surface area contributed by atoms with Gasteiger partial charge in [0, 0.05) is 6.54 Å². The van der Waals surface area contributed by atoms with Crippen molar-refractivity contribution >= 4 is 30.0 Å². The van der Waals surface area contributed by atoms with Crippen molar-refractivity contribution < 1.29 is 4.42 Å².